The van der Waals surface area contributed by atoms with Crippen LogP contribution in [0.3, 0.4) is 0 Å². The van der Waals surface area contributed by atoms with Crippen LogP contribution < -0.4 is 25.0 Å². The Labute approximate surface area is 210 Å². The monoisotopic (exact) mass is 541 g/mol. The van der Waals surface area contributed by atoms with Gasteiger partial charge in [0.15, 0.2) is 5.72 Å². The number of ether oxygens (including phenoxy) is 1. The lowest BCUT2D eigenvalue weighted by Crippen LogP contribution is -2.55. The SMILES string of the molecule is CNc1cc2c(cc1F)C(=O)N(c1ccc(NC(=O)NS(O)(O)c3ccc(Cl)s3)nc1)C(C)(C)O2. The van der Waals surface area contributed by atoms with Crippen molar-refractivity contribution in [1.82, 2.24) is 9.71 Å². The van der Waals surface area contributed by atoms with Gasteiger partial charge in [-0.25, -0.2) is 18.9 Å². The molecule has 1 aliphatic heterocycles. The number of pyridine rings is 1. The number of carbonyl (C=O) groups is 2. The molecule has 0 bridgehead atoms. The van der Waals surface area contributed by atoms with Crippen molar-refractivity contribution in [1.29, 1.82) is 0 Å². The fourth-order valence-electron chi connectivity index (χ4n) is 3.47. The van der Waals surface area contributed by atoms with Gasteiger partial charge in [-0.3, -0.25) is 24.1 Å². The molecular weight excluding hydrogens is 521 g/mol. The predicted molar refractivity (Wildman–Crippen MR) is 134 cm³/mol. The van der Waals surface area contributed by atoms with Crippen LogP contribution in [0.25, 0.3) is 0 Å². The van der Waals surface area contributed by atoms with Crippen LogP contribution in [-0.4, -0.2) is 38.8 Å². The number of carbonyl (C=O) groups excluding carboxylic acids is 2. The number of rotatable bonds is 5. The molecule has 0 spiro atoms. The molecule has 1 aromatic carbocycles. The summed E-state index contributed by atoms with van der Waals surface area (Å²) in [6.45, 7) is 3.36. The first-order valence-corrected chi connectivity index (χ1v) is 12.8. The predicted octanol–water partition coefficient (Wildman–Crippen LogP) is 5.60. The number of anilines is 3. The molecule has 3 aromatic rings. The van der Waals surface area contributed by atoms with Crippen LogP contribution in [0.15, 0.2) is 46.8 Å². The number of aromatic nitrogens is 1. The Morgan fingerprint density at radius 2 is 2.00 bits per heavy atom. The summed E-state index contributed by atoms with van der Waals surface area (Å²) >= 11 is 6.73. The van der Waals surface area contributed by atoms with Gasteiger partial charge in [-0.1, -0.05) is 22.4 Å². The van der Waals surface area contributed by atoms with E-state index in [1.165, 1.54) is 41.4 Å². The second-order valence-electron chi connectivity index (χ2n) is 7.83. The number of halogens is 2. The Kier molecular flexibility index (Phi) is 6.55. The minimum absolute atomic E-state index is 0.0568. The molecule has 5 N–H and O–H groups in total. The van der Waals surface area contributed by atoms with Crippen molar-refractivity contribution in [3.63, 3.8) is 0 Å². The van der Waals surface area contributed by atoms with Crippen LogP contribution >= 0.6 is 33.7 Å². The molecule has 0 aliphatic carbocycles. The molecule has 0 fully saturated rings. The van der Waals surface area contributed by atoms with Gasteiger partial charge >= 0.3 is 6.03 Å². The number of nitrogens with zero attached hydrogens (tertiary/aromatic N) is 2. The molecule has 14 heteroatoms. The summed E-state index contributed by atoms with van der Waals surface area (Å²) in [6, 6.07) is 7.46. The number of nitrogens with one attached hydrogen (secondary N) is 3. The quantitative estimate of drug-likeness (QED) is 0.283. The number of amides is 3. The highest BCUT2D eigenvalue weighted by Gasteiger charge is 2.41. The maximum absolute atomic E-state index is 14.3. The molecule has 0 atom stereocenters. The van der Waals surface area contributed by atoms with E-state index in [-0.39, 0.29) is 27.0 Å². The van der Waals surface area contributed by atoms with Crippen molar-refractivity contribution in [3.8, 4) is 5.75 Å². The molecule has 3 heterocycles. The molecule has 3 amide bonds. The normalized spacial score (nSPS) is 15.2. The third-order valence-electron chi connectivity index (χ3n) is 4.98. The number of benzene rings is 1. The van der Waals surface area contributed by atoms with E-state index in [4.69, 9.17) is 16.3 Å². The van der Waals surface area contributed by atoms with Gasteiger partial charge in [-0.2, -0.15) is 0 Å². The molecule has 2 aromatic heterocycles. The van der Waals surface area contributed by atoms with Crippen LogP contribution in [0.4, 0.5) is 26.4 Å². The van der Waals surface area contributed by atoms with Crippen LogP contribution in [0, 0.1) is 5.82 Å². The first-order chi connectivity index (χ1) is 16.4. The lowest BCUT2D eigenvalue weighted by atomic mass is 10.0. The van der Waals surface area contributed by atoms with E-state index in [0.29, 0.717) is 10.0 Å². The molecule has 186 valence electrons. The Morgan fingerprint density at radius 1 is 1.26 bits per heavy atom. The molecule has 10 nitrogen and oxygen atoms in total. The number of hydrogen-bond acceptors (Lipinski definition) is 8. The molecule has 1 aliphatic rings. The molecular formula is C21H21ClFN5O5S2. The minimum atomic E-state index is -3.60. The standard InChI is InChI=1S/C21H21ClFN5O5S2/c1-21(2)28(19(29)12-8-13(23)14(24-3)9-15(12)33-21)11-4-6-17(25-10-11)26-20(30)27-35(31,32)18-7-5-16(22)34-18/h4-10,24,31-32H,1-3H3,(H2,25,26,27,30). The smallest absolute Gasteiger partial charge is 0.338 e. The van der Waals surface area contributed by atoms with E-state index >= 15 is 0 Å². The Morgan fingerprint density at radius 3 is 2.60 bits per heavy atom. The van der Waals surface area contributed by atoms with E-state index in [2.05, 4.69) is 20.3 Å². The summed E-state index contributed by atoms with van der Waals surface area (Å²) in [5.41, 5.74) is -0.525. The van der Waals surface area contributed by atoms with Gasteiger partial charge in [0, 0.05) is 13.1 Å². The molecule has 0 saturated carbocycles. The summed E-state index contributed by atoms with van der Waals surface area (Å²) in [7, 11) is -2.04. The largest absolute Gasteiger partial charge is 0.467 e. The zero-order chi connectivity index (χ0) is 25.5. The number of thiophene rings is 1. The van der Waals surface area contributed by atoms with Gasteiger partial charge in [0.1, 0.15) is 21.6 Å². The number of hydrogen-bond donors (Lipinski definition) is 5. The van der Waals surface area contributed by atoms with Crippen molar-refractivity contribution in [2.24, 2.45) is 0 Å². The Bertz CT molecular complexity index is 1300. The maximum Gasteiger partial charge on any atom is 0.338 e. The molecule has 35 heavy (non-hydrogen) atoms. The van der Waals surface area contributed by atoms with E-state index in [1.807, 2.05) is 0 Å². The van der Waals surface area contributed by atoms with Crippen LogP contribution in [0.5, 0.6) is 5.75 Å². The first kappa shape index (κ1) is 25.0. The lowest BCUT2D eigenvalue weighted by Gasteiger charge is -2.42. The maximum atomic E-state index is 14.3. The number of fused-ring (bicyclic) bond motifs is 1. The third-order valence-corrected chi connectivity index (χ3v) is 8.12. The van der Waals surface area contributed by atoms with Gasteiger partial charge < -0.3 is 10.1 Å². The summed E-state index contributed by atoms with van der Waals surface area (Å²) < 4.78 is 43.2. The summed E-state index contributed by atoms with van der Waals surface area (Å²) in [5, 5.41) is 5.10. The summed E-state index contributed by atoms with van der Waals surface area (Å²) in [6.07, 6.45) is 1.33. The Hall–Kier alpha value is -3.10. The van der Waals surface area contributed by atoms with Gasteiger partial charge in [-0.05, 0) is 44.2 Å². The first-order valence-electron chi connectivity index (χ1n) is 10.0. The van der Waals surface area contributed by atoms with E-state index in [0.717, 1.165) is 17.4 Å². The molecule has 0 radical (unpaired) electrons. The average Bonchev–Trinajstić information content (AvgIpc) is 3.22. The van der Waals surface area contributed by atoms with E-state index < -0.39 is 34.3 Å². The summed E-state index contributed by atoms with van der Waals surface area (Å²) in [5.74, 6) is -0.751. The fourth-order valence-corrected chi connectivity index (χ4v) is 5.91. The molecule has 0 unspecified atom stereocenters. The fraction of sp³-hybridized carbons (Fsp3) is 0.190. The van der Waals surface area contributed by atoms with Crippen molar-refractivity contribution < 1.29 is 27.8 Å². The number of urea groups is 1. The molecule has 0 saturated heterocycles. The van der Waals surface area contributed by atoms with Gasteiger partial charge in [0.25, 0.3) is 5.91 Å². The van der Waals surface area contributed by atoms with E-state index in [9.17, 15) is 23.1 Å². The highest BCUT2D eigenvalue weighted by molar-refractivity contribution is 8.24. The van der Waals surface area contributed by atoms with Gasteiger partial charge in [0.2, 0.25) is 0 Å². The second-order valence-corrected chi connectivity index (χ2v) is 11.5. The van der Waals surface area contributed by atoms with Crippen molar-refractivity contribution in [3.05, 3.63) is 58.3 Å². The van der Waals surface area contributed by atoms with Crippen molar-refractivity contribution in [2.75, 3.05) is 22.6 Å². The summed E-state index contributed by atoms with van der Waals surface area (Å²) in [4.78, 5) is 30.9. The zero-order valence-electron chi connectivity index (χ0n) is 18.6. The zero-order valence-corrected chi connectivity index (χ0v) is 21.0. The van der Waals surface area contributed by atoms with Crippen LogP contribution in [0.1, 0.15) is 24.2 Å². The van der Waals surface area contributed by atoms with E-state index in [1.54, 1.807) is 20.9 Å². The minimum Gasteiger partial charge on any atom is -0.467 e. The lowest BCUT2D eigenvalue weighted by molar-refractivity contribution is 0.0634. The average molecular weight is 542 g/mol. The van der Waals surface area contributed by atoms with Crippen molar-refractivity contribution in [2.45, 2.75) is 23.8 Å². The van der Waals surface area contributed by atoms with Crippen LogP contribution in [-0.2, 0) is 0 Å². The third kappa shape index (κ3) is 4.99. The van der Waals surface area contributed by atoms with Crippen molar-refractivity contribution >= 4 is 62.8 Å². The Balaban J connectivity index is 1.51. The highest BCUT2D eigenvalue weighted by atomic mass is 35.5. The van der Waals surface area contributed by atoms with Crippen LogP contribution in [0.2, 0.25) is 4.34 Å². The van der Waals surface area contributed by atoms with Gasteiger partial charge in [-0.15, -0.1) is 11.3 Å². The second kappa shape index (κ2) is 9.17. The molecule has 4 rings (SSSR count). The highest BCUT2D eigenvalue weighted by Crippen LogP contribution is 2.48. The van der Waals surface area contributed by atoms with Gasteiger partial charge in [0.05, 0.1) is 27.5 Å². The topological polar surface area (TPSA) is 136 Å².